The van der Waals surface area contributed by atoms with Gasteiger partial charge >= 0.3 is 5.69 Å². The van der Waals surface area contributed by atoms with Crippen molar-refractivity contribution in [2.24, 2.45) is 0 Å². The van der Waals surface area contributed by atoms with Gasteiger partial charge in [-0.25, -0.2) is 4.79 Å². The molecule has 1 aliphatic rings. The van der Waals surface area contributed by atoms with Crippen LogP contribution in [-0.2, 0) is 0 Å². The summed E-state index contributed by atoms with van der Waals surface area (Å²) in [6.07, 6.45) is 1.98. The molecular formula is C13H15N5O3. The minimum absolute atomic E-state index is 0.114. The number of rotatable bonds is 3. The van der Waals surface area contributed by atoms with Gasteiger partial charge < -0.3 is 19.6 Å². The number of imidazole rings is 1. The summed E-state index contributed by atoms with van der Waals surface area (Å²) in [6.45, 7) is 2.89. The molecule has 8 nitrogen and oxygen atoms in total. The summed E-state index contributed by atoms with van der Waals surface area (Å²) in [7, 11) is 0. The van der Waals surface area contributed by atoms with E-state index >= 15 is 0 Å². The van der Waals surface area contributed by atoms with E-state index in [-0.39, 0.29) is 23.4 Å². The monoisotopic (exact) mass is 289 g/mol. The molecule has 8 heteroatoms. The lowest BCUT2D eigenvalue weighted by Gasteiger charge is -2.15. The van der Waals surface area contributed by atoms with E-state index in [2.05, 4.69) is 20.2 Å². The Balaban J connectivity index is 1.61. The highest BCUT2D eigenvalue weighted by Gasteiger charge is 2.29. The van der Waals surface area contributed by atoms with Crippen molar-refractivity contribution >= 4 is 5.91 Å². The third-order valence-corrected chi connectivity index (χ3v) is 3.32. The number of aromatic amines is 2. The molecule has 0 saturated carbocycles. The van der Waals surface area contributed by atoms with E-state index in [9.17, 15) is 9.59 Å². The second kappa shape index (κ2) is 5.39. The van der Waals surface area contributed by atoms with Crippen molar-refractivity contribution in [1.29, 1.82) is 0 Å². The lowest BCUT2D eigenvalue weighted by Crippen LogP contribution is -2.31. The lowest BCUT2D eigenvalue weighted by molar-refractivity contribution is 0.0765. The summed E-state index contributed by atoms with van der Waals surface area (Å²) in [5.74, 6) is 0.240. The molecule has 1 saturated heterocycles. The van der Waals surface area contributed by atoms with Gasteiger partial charge in [0.25, 0.3) is 5.91 Å². The second-order valence-corrected chi connectivity index (χ2v) is 4.95. The van der Waals surface area contributed by atoms with Crippen molar-refractivity contribution in [2.45, 2.75) is 19.4 Å². The Morgan fingerprint density at radius 3 is 2.95 bits per heavy atom. The SMILES string of the molecule is Cc1ccc(OC2CCN(C(=O)c3c[nH]c(=O)[nH]3)C2)nn1. The minimum atomic E-state index is -0.389. The fraction of sp³-hybridized carbons (Fsp3) is 0.385. The molecule has 0 bridgehead atoms. The number of hydrogen-bond acceptors (Lipinski definition) is 5. The summed E-state index contributed by atoms with van der Waals surface area (Å²) in [6, 6.07) is 3.58. The number of likely N-dealkylation sites (tertiary alicyclic amines) is 1. The van der Waals surface area contributed by atoms with Gasteiger partial charge in [0, 0.05) is 25.2 Å². The standard InChI is InChI=1S/C13H15N5O3/c1-8-2-3-11(17-16-8)21-9-4-5-18(7-9)12(19)10-6-14-13(20)15-10/h2-3,6,9H,4-5,7H2,1H3,(H2,14,15,20). The Bertz CT molecular complexity index is 690. The van der Waals surface area contributed by atoms with Gasteiger partial charge in [0.1, 0.15) is 11.8 Å². The van der Waals surface area contributed by atoms with E-state index in [1.54, 1.807) is 11.0 Å². The quantitative estimate of drug-likeness (QED) is 0.833. The molecule has 110 valence electrons. The van der Waals surface area contributed by atoms with Crippen LogP contribution in [0.2, 0.25) is 0 Å². The molecule has 0 aliphatic carbocycles. The van der Waals surface area contributed by atoms with Gasteiger partial charge in [-0.05, 0) is 13.0 Å². The average molecular weight is 289 g/mol. The zero-order chi connectivity index (χ0) is 14.8. The number of carbonyl (C=O) groups is 1. The molecule has 21 heavy (non-hydrogen) atoms. The number of amides is 1. The summed E-state index contributed by atoms with van der Waals surface area (Å²) >= 11 is 0. The van der Waals surface area contributed by atoms with Gasteiger partial charge in [-0.15, -0.1) is 5.10 Å². The fourth-order valence-corrected chi connectivity index (χ4v) is 2.25. The molecule has 1 unspecified atom stereocenters. The van der Waals surface area contributed by atoms with Crippen LogP contribution in [0.4, 0.5) is 0 Å². The molecule has 1 aliphatic heterocycles. The topological polar surface area (TPSA) is 104 Å². The third kappa shape index (κ3) is 2.93. The Kier molecular flexibility index (Phi) is 3.43. The normalized spacial score (nSPS) is 18.0. The van der Waals surface area contributed by atoms with E-state index in [1.807, 2.05) is 13.0 Å². The van der Waals surface area contributed by atoms with E-state index in [0.29, 0.717) is 19.0 Å². The summed E-state index contributed by atoms with van der Waals surface area (Å²) < 4.78 is 5.70. The molecule has 3 heterocycles. The number of carbonyl (C=O) groups excluding carboxylic acids is 1. The van der Waals surface area contributed by atoms with Crippen LogP contribution < -0.4 is 10.4 Å². The first-order valence-corrected chi connectivity index (χ1v) is 6.66. The third-order valence-electron chi connectivity index (χ3n) is 3.32. The number of hydrogen-bond donors (Lipinski definition) is 2. The summed E-state index contributed by atoms with van der Waals surface area (Å²) in [4.78, 5) is 29.7. The molecule has 0 aromatic carbocycles. The van der Waals surface area contributed by atoms with Crippen molar-refractivity contribution in [2.75, 3.05) is 13.1 Å². The first kappa shape index (κ1) is 13.3. The number of nitrogens with one attached hydrogen (secondary N) is 2. The van der Waals surface area contributed by atoms with Crippen LogP contribution in [-0.4, -0.2) is 50.2 Å². The van der Waals surface area contributed by atoms with Crippen LogP contribution in [0.3, 0.4) is 0 Å². The van der Waals surface area contributed by atoms with Gasteiger partial charge in [0.15, 0.2) is 0 Å². The largest absolute Gasteiger partial charge is 0.471 e. The maximum atomic E-state index is 12.2. The number of aryl methyl sites for hydroxylation is 1. The van der Waals surface area contributed by atoms with Gasteiger partial charge in [0.05, 0.1) is 12.2 Å². The van der Waals surface area contributed by atoms with Gasteiger partial charge in [-0.3, -0.25) is 4.79 Å². The molecule has 1 atom stereocenters. The predicted molar refractivity (Wildman–Crippen MR) is 73.1 cm³/mol. The Morgan fingerprint density at radius 1 is 1.43 bits per heavy atom. The summed E-state index contributed by atoms with van der Waals surface area (Å²) in [5.41, 5.74) is 0.693. The van der Waals surface area contributed by atoms with E-state index in [1.165, 1.54) is 6.20 Å². The summed E-state index contributed by atoms with van der Waals surface area (Å²) in [5, 5.41) is 7.87. The second-order valence-electron chi connectivity index (χ2n) is 4.95. The van der Waals surface area contributed by atoms with E-state index in [0.717, 1.165) is 12.1 Å². The van der Waals surface area contributed by atoms with Crippen molar-refractivity contribution in [1.82, 2.24) is 25.1 Å². The Morgan fingerprint density at radius 2 is 2.29 bits per heavy atom. The lowest BCUT2D eigenvalue weighted by atomic mass is 10.3. The van der Waals surface area contributed by atoms with E-state index in [4.69, 9.17) is 4.74 Å². The van der Waals surface area contributed by atoms with Crippen molar-refractivity contribution in [3.63, 3.8) is 0 Å². The predicted octanol–water partition coefficient (Wildman–Crippen LogP) is 0.0949. The average Bonchev–Trinajstić information content (AvgIpc) is 3.10. The van der Waals surface area contributed by atoms with Crippen LogP contribution in [0.15, 0.2) is 23.1 Å². The molecule has 0 radical (unpaired) electrons. The van der Waals surface area contributed by atoms with Gasteiger partial charge in [0.2, 0.25) is 5.88 Å². The number of ether oxygens (including phenoxy) is 1. The van der Waals surface area contributed by atoms with Crippen LogP contribution in [0.25, 0.3) is 0 Å². The first-order chi connectivity index (χ1) is 10.1. The van der Waals surface area contributed by atoms with Gasteiger partial charge in [-0.1, -0.05) is 0 Å². The highest BCUT2D eigenvalue weighted by Crippen LogP contribution is 2.17. The van der Waals surface area contributed by atoms with Crippen molar-refractivity contribution < 1.29 is 9.53 Å². The zero-order valence-electron chi connectivity index (χ0n) is 11.5. The number of aromatic nitrogens is 4. The van der Waals surface area contributed by atoms with Crippen molar-refractivity contribution in [3.05, 3.63) is 40.2 Å². The van der Waals surface area contributed by atoms with Crippen LogP contribution in [0.1, 0.15) is 22.6 Å². The Hall–Kier alpha value is -2.64. The van der Waals surface area contributed by atoms with Gasteiger partial charge in [-0.2, -0.15) is 5.10 Å². The van der Waals surface area contributed by atoms with Crippen LogP contribution >= 0.6 is 0 Å². The zero-order valence-corrected chi connectivity index (χ0v) is 11.5. The molecule has 2 aromatic rings. The molecule has 2 aromatic heterocycles. The number of H-pyrrole nitrogens is 2. The maximum Gasteiger partial charge on any atom is 0.323 e. The van der Waals surface area contributed by atoms with Crippen molar-refractivity contribution in [3.8, 4) is 5.88 Å². The van der Waals surface area contributed by atoms with E-state index < -0.39 is 0 Å². The number of nitrogens with zero attached hydrogens (tertiary/aromatic N) is 3. The first-order valence-electron chi connectivity index (χ1n) is 6.66. The molecule has 0 spiro atoms. The maximum absolute atomic E-state index is 12.2. The molecule has 1 fully saturated rings. The highest BCUT2D eigenvalue weighted by molar-refractivity contribution is 5.92. The fourth-order valence-electron chi connectivity index (χ4n) is 2.25. The smallest absolute Gasteiger partial charge is 0.323 e. The molecular weight excluding hydrogens is 274 g/mol. The minimum Gasteiger partial charge on any atom is -0.471 e. The Labute approximate surface area is 120 Å². The van der Waals surface area contributed by atoms with Crippen LogP contribution in [0, 0.1) is 6.92 Å². The molecule has 2 N–H and O–H groups in total. The highest BCUT2D eigenvalue weighted by atomic mass is 16.5. The van der Waals surface area contributed by atoms with Crippen LogP contribution in [0.5, 0.6) is 5.88 Å². The molecule has 1 amide bonds. The molecule has 3 rings (SSSR count).